The van der Waals surface area contributed by atoms with Gasteiger partial charge in [-0.1, -0.05) is 48.5 Å². The first kappa shape index (κ1) is 17.2. The van der Waals surface area contributed by atoms with Gasteiger partial charge in [-0.2, -0.15) is 0 Å². The number of anilines is 1. The van der Waals surface area contributed by atoms with Crippen molar-refractivity contribution in [3.05, 3.63) is 81.4 Å². The Labute approximate surface area is 169 Å². The van der Waals surface area contributed by atoms with E-state index in [0.717, 1.165) is 31.4 Å². The van der Waals surface area contributed by atoms with Gasteiger partial charge in [-0.3, -0.25) is 0 Å². The van der Waals surface area contributed by atoms with E-state index in [2.05, 4.69) is 61.1 Å². The maximum absolute atomic E-state index is 6.15. The molecule has 0 saturated carbocycles. The van der Waals surface area contributed by atoms with Crippen LogP contribution in [0.5, 0.6) is 0 Å². The topological polar surface area (TPSA) is 50.7 Å². The molecule has 0 amide bonds. The van der Waals surface area contributed by atoms with E-state index >= 15 is 0 Å². The number of pyridine rings is 1. The first-order valence-corrected chi connectivity index (χ1v) is 9.53. The zero-order valence-corrected chi connectivity index (χ0v) is 16.6. The lowest BCUT2D eigenvalue weighted by Crippen LogP contribution is -2.05. The van der Waals surface area contributed by atoms with Gasteiger partial charge in [0.15, 0.2) is 0 Å². The Morgan fingerprint density at radius 2 is 1.65 bits per heavy atom. The van der Waals surface area contributed by atoms with E-state index < -0.39 is 0 Å². The Kier molecular flexibility index (Phi) is 4.99. The molecular formula is C20H14ClIN4. The summed E-state index contributed by atoms with van der Waals surface area (Å²) in [4.78, 5) is 13.3. The molecule has 4 rings (SSSR count). The fourth-order valence-electron chi connectivity index (χ4n) is 2.86. The average molecular weight is 473 g/mol. The van der Waals surface area contributed by atoms with Crippen LogP contribution in [0, 0.1) is 3.70 Å². The standard InChI is InChI=1S/C20H14ClIN4/c21-20-25-16-10-5-9-15(13-6-2-1-3-7-13)18(16)19(26-20)23-12-14-8-4-11-17(22)24-14/h1-11H,12H2,(H,23,25,26). The highest BCUT2D eigenvalue weighted by Gasteiger charge is 2.12. The summed E-state index contributed by atoms with van der Waals surface area (Å²) in [5, 5.41) is 4.56. The molecule has 0 spiro atoms. The quantitative estimate of drug-likeness (QED) is 0.240. The van der Waals surface area contributed by atoms with Crippen LogP contribution in [0.25, 0.3) is 22.0 Å². The van der Waals surface area contributed by atoms with Crippen LogP contribution in [-0.4, -0.2) is 15.0 Å². The lowest BCUT2D eigenvalue weighted by Gasteiger charge is -2.13. The monoisotopic (exact) mass is 472 g/mol. The van der Waals surface area contributed by atoms with E-state index in [1.165, 1.54) is 0 Å². The molecule has 0 aliphatic rings. The van der Waals surface area contributed by atoms with Crippen molar-refractivity contribution in [2.24, 2.45) is 0 Å². The van der Waals surface area contributed by atoms with Crippen LogP contribution in [0.1, 0.15) is 5.69 Å². The minimum absolute atomic E-state index is 0.223. The summed E-state index contributed by atoms with van der Waals surface area (Å²) in [5.41, 5.74) is 3.93. The molecule has 2 aromatic carbocycles. The highest BCUT2D eigenvalue weighted by atomic mass is 127. The zero-order valence-electron chi connectivity index (χ0n) is 13.7. The number of nitrogens with one attached hydrogen (secondary N) is 1. The zero-order chi connectivity index (χ0) is 17.9. The lowest BCUT2D eigenvalue weighted by atomic mass is 10.0. The van der Waals surface area contributed by atoms with Crippen LogP contribution in [0.4, 0.5) is 5.82 Å². The van der Waals surface area contributed by atoms with Crippen molar-refractivity contribution in [3.8, 4) is 11.1 Å². The minimum Gasteiger partial charge on any atom is -0.364 e. The molecule has 0 aliphatic heterocycles. The van der Waals surface area contributed by atoms with Crippen LogP contribution >= 0.6 is 34.2 Å². The Hall–Kier alpha value is -2.25. The maximum Gasteiger partial charge on any atom is 0.224 e. The van der Waals surface area contributed by atoms with Crippen molar-refractivity contribution in [2.45, 2.75) is 6.54 Å². The number of hydrogen-bond donors (Lipinski definition) is 1. The number of nitrogens with zero attached hydrogens (tertiary/aromatic N) is 3. The third kappa shape index (κ3) is 3.64. The largest absolute Gasteiger partial charge is 0.364 e. The fraction of sp³-hybridized carbons (Fsp3) is 0.0500. The number of aromatic nitrogens is 3. The number of benzene rings is 2. The molecule has 0 saturated heterocycles. The van der Waals surface area contributed by atoms with E-state index in [1.807, 2.05) is 48.5 Å². The van der Waals surface area contributed by atoms with Gasteiger partial charge in [0.05, 0.1) is 23.1 Å². The van der Waals surface area contributed by atoms with Crippen LogP contribution in [0.2, 0.25) is 5.28 Å². The van der Waals surface area contributed by atoms with Gasteiger partial charge >= 0.3 is 0 Å². The molecule has 6 heteroatoms. The smallest absolute Gasteiger partial charge is 0.224 e. The van der Waals surface area contributed by atoms with Gasteiger partial charge in [-0.15, -0.1) is 0 Å². The summed E-state index contributed by atoms with van der Waals surface area (Å²) in [5.74, 6) is 0.708. The molecule has 4 aromatic rings. The van der Waals surface area contributed by atoms with Gasteiger partial charge in [-0.05, 0) is 63.5 Å². The third-order valence-electron chi connectivity index (χ3n) is 3.99. The summed E-state index contributed by atoms with van der Waals surface area (Å²) >= 11 is 8.36. The molecule has 1 N–H and O–H groups in total. The first-order chi connectivity index (χ1) is 12.7. The molecule has 2 heterocycles. The second-order valence-corrected chi connectivity index (χ2v) is 7.16. The predicted octanol–water partition coefficient (Wildman–Crippen LogP) is 5.56. The molecular weight excluding hydrogens is 459 g/mol. The lowest BCUT2D eigenvalue weighted by molar-refractivity contribution is 1.02. The predicted molar refractivity (Wildman–Crippen MR) is 114 cm³/mol. The molecule has 4 nitrogen and oxygen atoms in total. The first-order valence-electron chi connectivity index (χ1n) is 8.08. The van der Waals surface area contributed by atoms with Crippen molar-refractivity contribution in [3.63, 3.8) is 0 Å². The Balaban J connectivity index is 1.80. The minimum atomic E-state index is 0.223. The number of halogens is 2. The van der Waals surface area contributed by atoms with E-state index in [-0.39, 0.29) is 5.28 Å². The van der Waals surface area contributed by atoms with Crippen LogP contribution < -0.4 is 5.32 Å². The average Bonchev–Trinajstić information content (AvgIpc) is 2.66. The highest BCUT2D eigenvalue weighted by Crippen LogP contribution is 2.33. The van der Waals surface area contributed by atoms with Crippen LogP contribution in [-0.2, 0) is 6.54 Å². The van der Waals surface area contributed by atoms with Gasteiger partial charge in [0, 0.05) is 0 Å². The fourth-order valence-corrected chi connectivity index (χ4v) is 3.56. The summed E-state index contributed by atoms with van der Waals surface area (Å²) < 4.78 is 0.956. The molecule has 2 aromatic heterocycles. The Bertz CT molecular complexity index is 1070. The Morgan fingerprint density at radius 1 is 0.846 bits per heavy atom. The number of rotatable bonds is 4. The molecule has 128 valence electrons. The van der Waals surface area contributed by atoms with E-state index in [0.29, 0.717) is 12.4 Å². The molecule has 0 radical (unpaired) electrons. The molecule has 0 fully saturated rings. The van der Waals surface area contributed by atoms with Crippen LogP contribution in [0.3, 0.4) is 0 Å². The van der Waals surface area contributed by atoms with E-state index in [9.17, 15) is 0 Å². The van der Waals surface area contributed by atoms with Crippen molar-refractivity contribution < 1.29 is 0 Å². The number of hydrogen-bond acceptors (Lipinski definition) is 4. The summed E-state index contributed by atoms with van der Waals surface area (Å²) in [6.07, 6.45) is 0. The van der Waals surface area contributed by atoms with Crippen molar-refractivity contribution in [1.82, 2.24) is 15.0 Å². The van der Waals surface area contributed by atoms with Gasteiger partial charge in [-0.25, -0.2) is 15.0 Å². The summed E-state index contributed by atoms with van der Waals surface area (Å²) in [6, 6.07) is 22.2. The van der Waals surface area contributed by atoms with Crippen molar-refractivity contribution >= 4 is 50.9 Å². The molecule has 0 unspecified atom stereocenters. The second-order valence-electron chi connectivity index (χ2n) is 5.71. The van der Waals surface area contributed by atoms with Crippen molar-refractivity contribution in [1.29, 1.82) is 0 Å². The molecule has 0 bridgehead atoms. The summed E-state index contributed by atoms with van der Waals surface area (Å²) in [7, 11) is 0. The van der Waals surface area contributed by atoms with Gasteiger partial charge < -0.3 is 5.32 Å². The highest BCUT2D eigenvalue weighted by molar-refractivity contribution is 14.1. The van der Waals surface area contributed by atoms with Gasteiger partial charge in [0.1, 0.15) is 9.52 Å². The maximum atomic E-state index is 6.15. The van der Waals surface area contributed by atoms with Crippen LogP contribution in [0.15, 0.2) is 66.7 Å². The van der Waals surface area contributed by atoms with Gasteiger partial charge in [0.25, 0.3) is 0 Å². The van der Waals surface area contributed by atoms with Crippen molar-refractivity contribution in [2.75, 3.05) is 5.32 Å². The molecule has 0 atom stereocenters. The summed E-state index contributed by atoms with van der Waals surface area (Å²) in [6.45, 7) is 0.558. The van der Waals surface area contributed by atoms with E-state index in [1.54, 1.807) is 0 Å². The second kappa shape index (κ2) is 7.55. The SMILES string of the molecule is Clc1nc(NCc2cccc(I)n2)c2c(-c3ccccc3)cccc2n1. The number of fused-ring (bicyclic) bond motifs is 1. The molecule has 26 heavy (non-hydrogen) atoms. The van der Waals surface area contributed by atoms with E-state index in [4.69, 9.17) is 11.6 Å². The molecule has 0 aliphatic carbocycles. The normalized spacial score (nSPS) is 10.8. The Morgan fingerprint density at radius 3 is 2.46 bits per heavy atom. The third-order valence-corrected chi connectivity index (χ3v) is 4.76. The van der Waals surface area contributed by atoms with Gasteiger partial charge in [0.2, 0.25) is 5.28 Å².